The first kappa shape index (κ1) is 71.7. The number of aromatic nitrogens is 2. The molecule has 91 heavy (non-hydrogen) atoms. The first-order valence-electron chi connectivity index (χ1n) is 29.5. The number of nitrogens with one attached hydrogen (secondary N) is 3. The summed E-state index contributed by atoms with van der Waals surface area (Å²) in [5.74, 6) is -5.33. The molecule has 1 atom stereocenters. The number of carboxylic acids is 3. The zero-order valence-corrected chi connectivity index (χ0v) is 53.4. The summed E-state index contributed by atoms with van der Waals surface area (Å²) in [6, 6.07) is 15.1. The van der Waals surface area contributed by atoms with Crippen LogP contribution < -0.4 is 25.4 Å². The third kappa shape index (κ3) is 22.5. The molecule has 0 radical (unpaired) electrons. The molecular weight excluding hydrogens is 1260 g/mol. The molecule has 0 saturated carbocycles. The van der Waals surface area contributed by atoms with E-state index in [-0.39, 0.29) is 130 Å². The molecule has 29 nitrogen and oxygen atoms in total. The highest BCUT2D eigenvalue weighted by Gasteiger charge is 2.40. The Kier molecular flexibility index (Phi) is 27.4. The van der Waals surface area contributed by atoms with Gasteiger partial charge in [0.25, 0.3) is 16.0 Å². The number of anilines is 1. The second-order valence-electron chi connectivity index (χ2n) is 22.3. The summed E-state index contributed by atoms with van der Waals surface area (Å²) in [5, 5.41) is 42.4. The summed E-state index contributed by atoms with van der Waals surface area (Å²) in [6.45, 7) is 7.10. The van der Waals surface area contributed by atoms with Gasteiger partial charge in [0.2, 0.25) is 11.8 Å². The highest BCUT2D eigenvalue weighted by Crippen LogP contribution is 2.47. The fraction of sp³-hybridized carbons (Fsp3) is 0.542. The average Bonchev–Trinajstić information content (AvgIpc) is 1.63. The van der Waals surface area contributed by atoms with E-state index in [1.165, 1.54) is 0 Å². The van der Waals surface area contributed by atoms with Gasteiger partial charge in [0.15, 0.2) is 5.69 Å². The van der Waals surface area contributed by atoms with Crippen LogP contribution in [0.5, 0.6) is 11.5 Å². The summed E-state index contributed by atoms with van der Waals surface area (Å²) >= 11 is 13.0. The number of hydrogen-bond donors (Lipinski definition) is 7. The van der Waals surface area contributed by atoms with E-state index in [2.05, 4.69) is 16.0 Å². The predicted octanol–water partition coefficient (Wildman–Crippen LogP) is 2.11. The Bertz CT molecular complexity index is 3220. The van der Waals surface area contributed by atoms with Crippen molar-refractivity contribution in [2.45, 2.75) is 32.0 Å². The van der Waals surface area contributed by atoms with Crippen LogP contribution in [-0.2, 0) is 64.4 Å². The Balaban J connectivity index is 0.806. The molecule has 0 unspecified atom stereocenters. The number of fused-ring (bicyclic) bond motifs is 3. The van der Waals surface area contributed by atoms with Gasteiger partial charge >= 0.3 is 17.9 Å². The van der Waals surface area contributed by atoms with Crippen molar-refractivity contribution >= 4 is 74.6 Å². The van der Waals surface area contributed by atoms with Crippen LogP contribution in [-0.4, -0.2) is 287 Å². The fourth-order valence-corrected chi connectivity index (χ4v) is 11.6. The van der Waals surface area contributed by atoms with Crippen molar-refractivity contribution in [3.8, 4) is 39.6 Å². The number of ether oxygens (including phenoxy) is 7. The predicted molar refractivity (Wildman–Crippen MR) is 333 cm³/mol. The Morgan fingerprint density at radius 2 is 1.23 bits per heavy atom. The number of carbonyl (C=O) groups excluding carboxylic acids is 3. The highest BCUT2D eigenvalue weighted by atomic mass is 35.5. The molecule has 4 heterocycles. The van der Waals surface area contributed by atoms with Crippen LogP contribution in [0.25, 0.3) is 28.1 Å². The van der Waals surface area contributed by atoms with Crippen molar-refractivity contribution in [2.75, 3.05) is 182 Å². The lowest BCUT2D eigenvalue weighted by Crippen LogP contribution is -2.55. The Morgan fingerprint density at radius 3 is 1.76 bits per heavy atom. The summed E-state index contributed by atoms with van der Waals surface area (Å²) < 4.78 is 75.7. The first-order valence-corrected chi connectivity index (χ1v) is 31.9. The van der Waals surface area contributed by atoms with Gasteiger partial charge in [-0.3, -0.25) is 52.9 Å². The maximum Gasteiger partial charge on any atom is 0.317 e. The molecule has 7 rings (SSSR count). The van der Waals surface area contributed by atoms with Gasteiger partial charge in [-0.2, -0.15) is 13.5 Å². The van der Waals surface area contributed by atoms with Gasteiger partial charge in [-0.05, 0) is 55.8 Å². The van der Waals surface area contributed by atoms with Gasteiger partial charge in [0.1, 0.15) is 29.9 Å². The monoisotopic (exact) mass is 1330 g/mol. The van der Waals surface area contributed by atoms with Gasteiger partial charge < -0.3 is 69.3 Å². The molecule has 0 spiro atoms. The number of benzene rings is 3. The zero-order chi connectivity index (χ0) is 65.7. The number of rotatable bonds is 32. The molecule has 0 bridgehead atoms. The number of carbonyl (C=O) groups is 6. The molecular formula is C59H80Cl2N10O19S. The minimum atomic E-state index is -4.77. The minimum Gasteiger partial charge on any atom is -0.496 e. The number of morpholine rings is 1. The van der Waals surface area contributed by atoms with Crippen LogP contribution in [0.2, 0.25) is 10.0 Å². The van der Waals surface area contributed by atoms with Gasteiger partial charge in [0.05, 0.1) is 116 Å². The van der Waals surface area contributed by atoms with Crippen LogP contribution in [0.15, 0.2) is 54.6 Å². The van der Waals surface area contributed by atoms with Crippen LogP contribution in [0.3, 0.4) is 0 Å². The molecule has 2 fully saturated rings. The lowest BCUT2D eigenvalue weighted by atomic mass is 9.95. The normalized spacial score (nSPS) is 16.5. The number of carboxylic acid groups (broad SMARTS) is 3. The van der Waals surface area contributed by atoms with Gasteiger partial charge in [-0.1, -0.05) is 35.3 Å². The van der Waals surface area contributed by atoms with Crippen LogP contribution in [0.4, 0.5) is 5.69 Å². The summed E-state index contributed by atoms with van der Waals surface area (Å²) in [5.41, 5.74) is 4.69. The van der Waals surface area contributed by atoms with E-state index in [0.29, 0.717) is 90.2 Å². The molecule has 7 N–H and O–H groups in total. The molecule has 32 heteroatoms. The maximum absolute atomic E-state index is 14.4. The number of methoxy groups -OCH3 is 1. The Labute approximate surface area is 537 Å². The van der Waals surface area contributed by atoms with Crippen LogP contribution >= 0.6 is 23.2 Å². The Morgan fingerprint density at radius 1 is 0.692 bits per heavy atom. The molecule has 3 aliphatic rings. The lowest BCUT2D eigenvalue weighted by Gasteiger charge is -2.41. The molecule has 0 aliphatic carbocycles. The molecule has 3 aliphatic heterocycles. The maximum atomic E-state index is 14.4. The number of nitrogens with zero attached hydrogens (tertiary/aromatic N) is 7. The fourth-order valence-electron chi connectivity index (χ4n) is 10.5. The molecule has 1 aromatic heterocycles. The SMILES string of the molecule is COc1cc2c(cc1-c1cccc(NCCOCCOCCOCCOCCNC(=O)[C@H](CS(=O)(=O)O)NC(=O)CN3CCN(CC(=O)O)CCN(CC(=O)O)CCN(CC(=O)O)CC3)c1)-c1c(c(C(=O)N3CCOCC3(C)C)nn1-c1cc(Cl)cc(Cl)c1)CO2. The minimum absolute atomic E-state index is 0.00508. The third-order valence-corrected chi connectivity index (χ3v) is 16.1. The highest BCUT2D eigenvalue weighted by molar-refractivity contribution is 7.85. The second-order valence-corrected chi connectivity index (χ2v) is 24.6. The van der Waals surface area contributed by atoms with Crippen molar-refractivity contribution < 1.29 is 90.2 Å². The van der Waals surface area contributed by atoms with E-state index < -0.39 is 63.7 Å². The van der Waals surface area contributed by atoms with E-state index in [1.807, 2.05) is 50.2 Å². The molecule has 3 amide bonds. The van der Waals surface area contributed by atoms with E-state index >= 15 is 0 Å². The largest absolute Gasteiger partial charge is 0.496 e. The van der Waals surface area contributed by atoms with Gasteiger partial charge in [-0.15, -0.1) is 0 Å². The van der Waals surface area contributed by atoms with Gasteiger partial charge in [-0.25, -0.2) is 4.68 Å². The first-order chi connectivity index (χ1) is 43.5. The van der Waals surface area contributed by atoms with E-state index in [1.54, 1.807) is 54.5 Å². The van der Waals surface area contributed by atoms with E-state index in [0.717, 1.165) is 16.8 Å². The average molecular weight is 1340 g/mol. The number of aliphatic carboxylic acids is 3. The summed E-state index contributed by atoms with van der Waals surface area (Å²) in [6.07, 6.45) is 0. The van der Waals surface area contributed by atoms with Crippen LogP contribution in [0.1, 0.15) is 29.9 Å². The van der Waals surface area contributed by atoms with Crippen molar-refractivity contribution in [3.05, 3.63) is 75.9 Å². The standard InChI is InChI=1S/C59H80Cl2N10O19S/c1-59(2)39-89-20-17-70(59)58(80)55-47-37-90-50-32-49(84-3)45(31-46(50)56(47)71(65-55)44-29-41(60)28-42(61)30-44)40-5-4-6-43(27-40)62-7-18-85-21-23-87-25-26-88-24-22-86-19-8-63-57(79)48(38-91(81,82)83)64-51(72)33-66-9-11-67(34-52(73)74)13-15-69(36-54(77)78)16-14-68(12-10-66)35-53(75)76/h4-6,27-32,48,62H,7-26,33-39H2,1-3H3,(H,63,79)(H,64,72)(H,73,74)(H,75,76)(H,77,78)(H,81,82,83)/t48-/m0/s1. The number of halogens is 2. The molecule has 3 aromatic carbocycles. The van der Waals surface area contributed by atoms with E-state index in [4.69, 9.17) is 61.5 Å². The smallest absolute Gasteiger partial charge is 0.317 e. The van der Waals surface area contributed by atoms with Crippen molar-refractivity contribution in [3.63, 3.8) is 0 Å². The van der Waals surface area contributed by atoms with Crippen molar-refractivity contribution in [1.29, 1.82) is 0 Å². The lowest BCUT2D eigenvalue weighted by molar-refractivity contribution is -0.140. The van der Waals surface area contributed by atoms with Gasteiger partial charge in [0, 0.05) is 110 Å². The zero-order valence-electron chi connectivity index (χ0n) is 51.1. The molecule has 2 saturated heterocycles. The molecule has 4 aromatic rings. The second kappa shape index (κ2) is 34.8. The summed E-state index contributed by atoms with van der Waals surface area (Å²) in [7, 11) is -3.17. The molecule has 500 valence electrons. The Hall–Kier alpha value is -6.78. The van der Waals surface area contributed by atoms with Crippen molar-refractivity contribution in [1.82, 2.24) is 44.9 Å². The number of hydrogen-bond acceptors (Lipinski definition) is 21. The van der Waals surface area contributed by atoms with Crippen LogP contribution in [0, 0.1) is 0 Å². The quantitative estimate of drug-likeness (QED) is 0.0272. The summed E-state index contributed by atoms with van der Waals surface area (Å²) in [4.78, 5) is 83.7. The number of amides is 3. The van der Waals surface area contributed by atoms with Crippen molar-refractivity contribution in [2.24, 2.45) is 0 Å². The topological polar surface area (TPSA) is 352 Å². The third-order valence-electron chi connectivity index (χ3n) is 14.9. The van der Waals surface area contributed by atoms with E-state index in [9.17, 15) is 57.1 Å².